The third-order valence-corrected chi connectivity index (χ3v) is 2.62. The van der Waals surface area contributed by atoms with Gasteiger partial charge in [0.25, 0.3) is 0 Å². The average molecular weight is 199 g/mol. The Morgan fingerprint density at radius 1 is 1.57 bits per heavy atom. The van der Waals surface area contributed by atoms with Crippen molar-refractivity contribution >= 4 is 11.9 Å². The van der Waals surface area contributed by atoms with Crippen molar-refractivity contribution in [2.24, 2.45) is 16.6 Å². The molecule has 0 amide bonds. The monoisotopic (exact) mass is 199 g/mol. The lowest BCUT2D eigenvalue weighted by atomic mass is 9.86. The molecule has 0 spiro atoms. The summed E-state index contributed by atoms with van der Waals surface area (Å²) in [6, 6.07) is 0.161. The molecule has 5 nitrogen and oxygen atoms in total. The van der Waals surface area contributed by atoms with Crippen molar-refractivity contribution in [2.75, 3.05) is 7.05 Å². The molecule has 14 heavy (non-hydrogen) atoms. The highest BCUT2D eigenvalue weighted by atomic mass is 16.4. The fraction of sp³-hybridized carbons (Fsp3) is 0.778. The molecule has 1 fully saturated rings. The van der Waals surface area contributed by atoms with Crippen LogP contribution in [0.2, 0.25) is 0 Å². The number of rotatable bonds is 2. The maximum Gasteiger partial charge on any atom is 0.306 e. The first kappa shape index (κ1) is 10.8. The van der Waals surface area contributed by atoms with E-state index < -0.39 is 5.97 Å². The van der Waals surface area contributed by atoms with Crippen LogP contribution in [0.5, 0.6) is 0 Å². The first-order valence-electron chi connectivity index (χ1n) is 4.85. The fourth-order valence-electron chi connectivity index (χ4n) is 1.82. The van der Waals surface area contributed by atoms with E-state index in [1.54, 1.807) is 7.05 Å². The summed E-state index contributed by atoms with van der Waals surface area (Å²) in [5.41, 5.74) is 5.52. The number of guanidine groups is 1. The Bertz CT molecular complexity index is 240. The van der Waals surface area contributed by atoms with Gasteiger partial charge in [-0.3, -0.25) is 9.79 Å². The SMILES string of the molecule is CN=C(N)NC1CCCC(C(=O)O)C1. The Morgan fingerprint density at radius 3 is 2.86 bits per heavy atom. The lowest BCUT2D eigenvalue weighted by molar-refractivity contribution is -0.143. The Morgan fingerprint density at radius 2 is 2.29 bits per heavy atom. The second-order valence-electron chi connectivity index (χ2n) is 3.65. The molecule has 2 atom stereocenters. The third kappa shape index (κ3) is 2.90. The van der Waals surface area contributed by atoms with Crippen LogP contribution >= 0.6 is 0 Å². The molecule has 1 aliphatic carbocycles. The molecule has 4 N–H and O–H groups in total. The van der Waals surface area contributed by atoms with Gasteiger partial charge in [-0.05, 0) is 19.3 Å². The smallest absolute Gasteiger partial charge is 0.306 e. The molecule has 0 aromatic carbocycles. The maximum atomic E-state index is 10.8. The van der Waals surface area contributed by atoms with Crippen molar-refractivity contribution in [2.45, 2.75) is 31.7 Å². The molecule has 1 rings (SSSR count). The molecule has 5 heteroatoms. The molecular weight excluding hydrogens is 182 g/mol. The molecule has 0 aromatic rings. The fourth-order valence-corrected chi connectivity index (χ4v) is 1.82. The number of carboxylic acids is 1. The quantitative estimate of drug-likeness (QED) is 0.437. The summed E-state index contributed by atoms with van der Waals surface area (Å²) in [6.45, 7) is 0. The topological polar surface area (TPSA) is 87.7 Å². The average Bonchev–Trinajstić information content (AvgIpc) is 2.18. The number of aliphatic imine (C=N–C) groups is 1. The van der Waals surface area contributed by atoms with Crippen LogP contribution in [0.1, 0.15) is 25.7 Å². The maximum absolute atomic E-state index is 10.8. The number of hydrogen-bond acceptors (Lipinski definition) is 2. The molecule has 0 radical (unpaired) electrons. The highest BCUT2D eigenvalue weighted by Crippen LogP contribution is 2.24. The van der Waals surface area contributed by atoms with Crippen molar-refractivity contribution in [3.63, 3.8) is 0 Å². The largest absolute Gasteiger partial charge is 0.481 e. The highest BCUT2D eigenvalue weighted by molar-refractivity contribution is 5.78. The molecule has 2 unspecified atom stereocenters. The van der Waals surface area contributed by atoms with Crippen LogP contribution in [0.4, 0.5) is 0 Å². The van der Waals surface area contributed by atoms with Gasteiger partial charge < -0.3 is 16.2 Å². The van der Waals surface area contributed by atoms with E-state index in [2.05, 4.69) is 10.3 Å². The molecule has 0 aliphatic heterocycles. The third-order valence-electron chi connectivity index (χ3n) is 2.62. The predicted octanol–water partition coefficient (Wildman–Crippen LogP) is 0.164. The molecular formula is C9H17N3O2. The van der Waals surface area contributed by atoms with E-state index in [1.165, 1.54) is 0 Å². The minimum atomic E-state index is -0.705. The zero-order chi connectivity index (χ0) is 10.6. The molecule has 0 aromatic heterocycles. The zero-order valence-corrected chi connectivity index (χ0v) is 8.36. The van der Waals surface area contributed by atoms with Crippen LogP contribution < -0.4 is 11.1 Å². The number of aliphatic carboxylic acids is 1. The Hall–Kier alpha value is -1.26. The summed E-state index contributed by atoms with van der Waals surface area (Å²) >= 11 is 0. The predicted molar refractivity (Wildman–Crippen MR) is 54.1 cm³/mol. The minimum Gasteiger partial charge on any atom is -0.481 e. The molecule has 80 valence electrons. The zero-order valence-electron chi connectivity index (χ0n) is 8.36. The van der Waals surface area contributed by atoms with Gasteiger partial charge in [-0.15, -0.1) is 0 Å². The summed E-state index contributed by atoms with van der Waals surface area (Å²) in [4.78, 5) is 14.6. The van der Waals surface area contributed by atoms with Crippen LogP contribution in [-0.2, 0) is 4.79 Å². The van der Waals surface area contributed by atoms with E-state index >= 15 is 0 Å². The van der Waals surface area contributed by atoms with E-state index in [0.29, 0.717) is 12.4 Å². The number of carboxylic acid groups (broad SMARTS) is 1. The second-order valence-corrected chi connectivity index (χ2v) is 3.65. The Balaban J connectivity index is 2.44. The van der Waals surface area contributed by atoms with E-state index in [0.717, 1.165) is 19.3 Å². The van der Waals surface area contributed by atoms with E-state index in [4.69, 9.17) is 10.8 Å². The summed E-state index contributed by atoms with van der Waals surface area (Å²) in [5, 5.41) is 11.9. The van der Waals surface area contributed by atoms with Gasteiger partial charge in [0.2, 0.25) is 0 Å². The van der Waals surface area contributed by atoms with Crippen molar-refractivity contribution in [3.8, 4) is 0 Å². The van der Waals surface area contributed by atoms with Crippen LogP contribution in [0.3, 0.4) is 0 Å². The van der Waals surface area contributed by atoms with Gasteiger partial charge in [0.15, 0.2) is 5.96 Å². The molecule has 1 saturated carbocycles. The Labute approximate surface area is 83.4 Å². The summed E-state index contributed by atoms with van der Waals surface area (Å²) < 4.78 is 0. The number of carbonyl (C=O) groups is 1. The van der Waals surface area contributed by atoms with Gasteiger partial charge in [-0.25, -0.2) is 0 Å². The van der Waals surface area contributed by atoms with E-state index in [9.17, 15) is 4.79 Å². The minimum absolute atomic E-state index is 0.161. The highest BCUT2D eigenvalue weighted by Gasteiger charge is 2.26. The number of nitrogens with zero attached hydrogens (tertiary/aromatic N) is 1. The normalized spacial score (nSPS) is 28.5. The summed E-state index contributed by atoms with van der Waals surface area (Å²) in [7, 11) is 1.61. The van der Waals surface area contributed by atoms with Crippen molar-refractivity contribution in [1.82, 2.24) is 5.32 Å². The van der Waals surface area contributed by atoms with Crippen molar-refractivity contribution in [3.05, 3.63) is 0 Å². The van der Waals surface area contributed by atoms with Crippen molar-refractivity contribution < 1.29 is 9.90 Å². The molecule has 0 bridgehead atoms. The second kappa shape index (κ2) is 4.83. The van der Waals surface area contributed by atoms with Crippen LogP contribution in [0.15, 0.2) is 4.99 Å². The number of hydrogen-bond donors (Lipinski definition) is 3. The van der Waals surface area contributed by atoms with Crippen LogP contribution in [0.25, 0.3) is 0 Å². The van der Waals surface area contributed by atoms with Gasteiger partial charge in [-0.1, -0.05) is 6.42 Å². The van der Waals surface area contributed by atoms with Gasteiger partial charge in [-0.2, -0.15) is 0 Å². The van der Waals surface area contributed by atoms with Gasteiger partial charge in [0.1, 0.15) is 0 Å². The summed E-state index contributed by atoms with van der Waals surface area (Å²) in [5.74, 6) is -0.546. The lowest BCUT2D eigenvalue weighted by Crippen LogP contribution is -2.43. The lowest BCUT2D eigenvalue weighted by Gasteiger charge is -2.27. The molecule has 0 saturated heterocycles. The first-order valence-corrected chi connectivity index (χ1v) is 4.85. The Kier molecular flexibility index (Phi) is 3.73. The first-order chi connectivity index (χ1) is 6.63. The number of nitrogens with one attached hydrogen (secondary N) is 1. The van der Waals surface area contributed by atoms with Crippen molar-refractivity contribution in [1.29, 1.82) is 0 Å². The molecule has 0 heterocycles. The van der Waals surface area contributed by atoms with Gasteiger partial charge in [0.05, 0.1) is 5.92 Å². The summed E-state index contributed by atoms with van der Waals surface area (Å²) in [6.07, 6.45) is 3.33. The van der Waals surface area contributed by atoms with Crippen LogP contribution in [-0.4, -0.2) is 30.1 Å². The van der Waals surface area contributed by atoms with E-state index in [-0.39, 0.29) is 12.0 Å². The van der Waals surface area contributed by atoms with Gasteiger partial charge in [0, 0.05) is 13.1 Å². The standard InChI is InChI=1S/C9H17N3O2/c1-11-9(10)12-7-4-2-3-6(5-7)8(13)14/h6-7H,2-5H2,1H3,(H,13,14)(H3,10,11,12). The molecule has 1 aliphatic rings. The van der Waals surface area contributed by atoms with E-state index in [1.807, 2.05) is 0 Å². The van der Waals surface area contributed by atoms with Gasteiger partial charge >= 0.3 is 5.97 Å². The van der Waals surface area contributed by atoms with Crippen LogP contribution in [0, 0.1) is 5.92 Å². The number of nitrogens with two attached hydrogens (primary N) is 1.